The van der Waals surface area contributed by atoms with Crippen molar-refractivity contribution in [3.8, 4) is 6.07 Å². The van der Waals surface area contributed by atoms with Crippen LogP contribution in [0.2, 0.25) is 0 Å². The largest absolute Gasteiger partial charge is 0.370 e. The van der Waals surface area contributed by atoms with Crippen molar-refractivity contribution in [1.29, 1.82) is 5.26 Å². The second kappa shape index (κ2) is 8.11. The SMILES string of the molecule is N#Cc1ccc(Nc2nccc(NCCC3=CCCCC3)n2)cc1. The highest BCUT2D eigenvalue weighted by atomic mass is 15.1. The summed E-state index contributed by atoms with van der Waals surface area (Å²) in [7, 11) is 0. The van der Waals surface area contributed by atoms with Crippen molar-refractivity contribution in [3.05, 3.63) is 53.7 Å². The monoisotopic (exact) mass is 319 g/mol. The number of allylic oxidation sites excluding steroid dienone is 1. The minimum Gasteiger partial charge on any atom is -0.370 e. The van der Waals surface area contributed by atoms with Crippen LogP contribution in [0.3, 0.4) is 0 Å². The van der Waals surface area contributed by atoms with E-state index in [2.05, 4.69) is 32.7 Å². The maximum Gasteiger partial charge on any atom is 0.229 e. The Labute approximate surface area is 142 Å². The maximum absolute atomic E-state index is 8.82. The van der Waals surface area contributed by atoms with Gasteiger partial charge in [-0.1, -0.05) is 11.6 Å². The number of nitrogens with zero attached hydrogens (tertiary/aromatic N) is 3. The molecule has 5 nitrogen and oxygen atoms in total. The van der Waals surface area contributed by atoms with Gasteiger partial charge in [-0.05, 0) is 62.4 Å². The quantitative estimate of drug-likeness (QED) is 0.772. The summed E-state index contributed by atoms with van der Waals surface area (Å²) >= 11 is 0. The molecule has 2 N–H and O–H groups in total. The summed E-state index contributed by atoms with van der Waals surface area (Å²) < 4.78 is 0. The molecule has 0 amide bonds. The van der Waals surface area contributed by atoms with Crippen LogP contribution in [0.4, 0.5) is 17.5 Å². The average Bonchev–Trinajstić information content (AvgIpc) is 2.64. The molecule has 1 aromatic heterocycles. The molecule has 0 atom stereocenters. The lowest BCUT2D eigenvalue weighted by atomic mass is 9.97. The standard InChI is InChI=1S/C19H21N5/c20-14-16-6-8-17(9-7-16)23-19-22-13-11-18(24-19)21-12-10-15-4-2-1-3-5-15/h4,6-9,11,13H,1-3,5,10,12H2,(H2,21,22,23,24). The van der Waals surface area contributed by atoms with Crippen LogP contribution < -0.4 is 10.6 Å². The number of rotatable bonds is 6. The summed E-state index contributed by atoms with van der Waals surface area (Å²) in [5.41, 5.74) is 3.05. The number of benzene rings is 1. The Morgan fingerprint density at radius 2 is 2.00 bits per heavy atom. The number of nitriles is 1. The van der Waals surface area contributed by atoms with Gasteiger partial charge in [0.15, 0.2) is 0 Å². The first-order chi connectivity index (χ1) is 11.8. The molecule has 0 spiro atoms. The lowest BCUT2D eigenvalue weighted by molar-refractivity contribution is 0.679. The lowest BCUT2D eigenvalue weighted by Gasteiger charge is -2.13. The summed E-state index contributed by atoms with van der Waals surface area (Å²) in [6.07, 6.45) is 10.3. The van der Waals surface area contributed by atoms with E-state index in [0.717, 1.165) is 24.5 Å². The highest BCUT2D eigenvalue weighted by Gasteiger charge is 2.04. The van der Waals surface area contributed by atoms with E-state index < -0.39 is 0 Å². The molecular formula is C19H21N5. The second-order valence-corrected chi connectivity index (χ2v) is 5.86. The first kappa shape index (κ1) is 16.0. The van der Waals surface area contributed by atoms with Gasteiger partial charge in [0.25, 0.3) is 0 Å². The molecule has 122 valence electrons. The molecule has 3 rings (SSSR count). The van der Waals surface area contributed by atoms with Gasteiger partial charge in [-0.2, -0.15) is 10.2 Å². The third-order valence-electron chi connectivity index (χ3n) is 4.06. The Balaban J connectivity index is 1.55. The van der Waals surface area contributed by atoms with Gasteiger partial charge >= 0.3 is 0 Å². The first-order valence-corrected chi connectivity index (χ1v) is 8.35. The van der Waals surface area contributed by atoms with Crippen LogP contribution in [0.1, 0.15) is 37.7 Å². The molecule has 1 aliphatic rings. The highest BCUT2D eigenvalue weighted by molar-refractivity contribution is 5.56. The Hall–Kier alpha value is -2.87. The molecule has 1 heterocycles. The fourth-order valence-corrected chi connectivity index (χ4v) is 2.76. The number of anilines is 3. The van der Waals surface area contributed by atoms with Gasteiger partial charge in [0.1, 0.15) is 5.82 Å². The Kier molecular flexibility index (Phi) is 5.41. The minimum absolute atomic E-state index is 0.543. The summed E-state index contributed by atoms with van der Waals surface area (Å²) in [6.45, 7) is 0.888. The molecule has 0 bridgehead atoms. The van der Waals surface area contributed by atoms with Crippen LogP contribution in [0.5, 0.6) is 0 Å². The molecule has 0 aliphatic heterocycles. The summed E-state index contributed by atoms with van der Waals surface area (Å²) in [6, 6.07) is 11.2. The van der Waals surface area contributed by atoms with Gasteiger partial charge in [-0.15, -0.1) is 0 Å². The summed E-state index contributed by atoms with van der Waals surface area (Å²) in [5, 5.41) is 15.3. The molecule has 0 fully saturated rings. The molecule has 1 aromatic carbocycles. The first-order valence-electron chi connectivity index (χ1n) is 8.35. The van der Waals surface area contributed by atoms with Crippen LogP contribution in [-0.4, -0.2) is 16.5 Å². The molecule has 5 heteroatoms. The average molecular weight is 319 g/mol. The predicted molar refractivity (Wildman–Crippen MR) is 96.1 cm³/mol. The number of nitrogens with one attached hydrogen (secondary N) is 2. The fraction of sp³-hybridized carbons (Fsp3) is 0.316. The van der Waals surface area contributed by atoms with Crippen molar-refractivity contribution in [1.82, 2.24) is 9.97 Å². The van der Waals surface area contributed by atoms with Crippen molar-refractivity contribution in [2.45, 2.75) is 32.1 Å². The zero-order valence-electron chi connectivity index (χ0n) is 13.6. The van der Waals surface area contributed by atoms with Crippen LogP contribution in [0.15, 0.2) is 48.2 Å². The molecule has 0 saturated heterocycles. The van der Waals surface area contributed by atoms with E-state index in [0.29, 0.717) is 11.5 Å². The molecule has 2 aromatic rings. The van der Waals surface area contributed by atoms with Crippen LogP contribution >= 0.6 is 0 Å². The number of hydrogen-bond acceptors (Lipinski definition) is 5. The zero-order chi connectivity index (χ0) is 16.6. The molecular weight excluding hydrogens is 298 g/mol. The van der Waals surface area contributed by atoms with Crippen molar-refractivity contribution in [3.63, 3.8) is 0 Å². The van der Waals surface area contributed by atoms with E-state index in [4.69, 9.17) is 5.26 Å². The molecule has 0 radical (unpaired) electrons. The van der Waals surface area contributed by atoms with Gasteiger partial charge in [0, 0.05) is 18.4 Å². The van der Waals surface area contributed by atoms with Crippen molar-refractivity contribution in [2.75, 3.05) is 17.2 Å². The predicted octanol–water partition coefficient (Wildman–Crippen LogP) is 4.39. The maximum atomic E-state index is 8.82. The molecule has 1 aliphatic carbocycles. The Bertz CT molecular complexity index is 743. The van der Waals surface area contributed by atoms with E-state index in [1.54, 1.807) is 23.9 Å². The van der Waals surface area contributed by atoms with Gasteiger partial charge in [-0.3, -0.25) is 0 Å². The molecule has 0 unspecified atom stereocenters. The lowest BCUT2D eigenvalue weighted by Crippen LogP contribution is -2.07. The second-order valence-electron chi connectivity index (χ2n) is 5.86. The molecule has 24 heavy (non-hydrogen) atoms. The normalized spacial score (nSPS) is 13.7. The van der Waals surface area contributed by atoms with Crippen LogP contribution in [-0.2, 0) is 0 Å². The summed E-state index contributed by atoms with van der Waals surface area (Å²) in [4.78, 5) is 8.71. The zero-order valence-corrected chi connectivity index (χ0v) is 13.6. The van der Waals surface area contributed by atoms with E-state index >= 15 is 0 Å². The smallest absolute Gasteiger partial charge is 0.229 e. The third kappa shape index (κ3) is 4.56. The van der Waals surface area contributed by atoms with E-state index in [1.807, 2.05) is 18.2 Å². The Morgan fingerprint density at radius 1 is 1.12 bits per heavy atom. The van der Waals surface area contributed by atoms with E-state index in [-0.39, 0.29) is 0 Å². The highest BCUT2D eigenvalue weighted by Crippen LogP contribution is 2.20. The van der Waals surface area contributed by atoms with Crippen LogP contribution in [0.25, 0.3) is 0 Å². The van der Waals surface area contributed by atoms with Gasteiger partial charge in [0.05, 0.1) is 11.6 Å². The summed E-state index contributed by atoms with van der Waals surface area (Å²) in [5.74, 6) is 1.36. The van der Waals surface area contributed by atoms with Gasteiger partial charge < -0.3 is 10.6 Å². The third-order valence-corrected chi connectivity index (χ3v) is 4.06. The number of hydrogen-bond donors (Lipinski definition) is 2. The van der Waals surface area contributed by atoms with Crippen molar-refractivity contribution >= 4 is 17.5 Å². The number of aromatic nitrogens is 2. The van der Waals surface area contributed by atoms with E-state index in [9.17, 15) is 0 Å². The minimum atomic E-state index is 0.543. The van der Waals surface area contributed by atoms with Gasteiger partial charge in [-0.25, -0.2) is 4.98 Å². The molecule has 0 saturated carbocycles. The van der Waals surface area contributed by atoms with Gasteiger partial charge in [0.2, 0.25) is 5.95 Å². The fourth-order valence-electron chi connectivity index (χ4n) is 2.76. The Morgan fingerprint density at radius 3 is 2.75 bits per heavy atom. The van der Waals surface area contributed by atoms with Crippen molar-refractivity contribution < 1.29 is 0 Å². The topological polar surface area (TPSA) is 73.6 Å². The van der Waals surface area contributed by atoms with E-state index in [1.165, 1.54) is 25.7 Å². The van der Waals surface area contributed by atoms with Crippen molar-refractivity contribution in [2.24, 2.45) is 0 Å². The van der Waals surface area contributed by atoms with Crippen LogP contribution in [0, 0.1) is 11.3 Å².